The number of benzene rings is 8. The summed E-state index contributed by atoms with van der Waals surface area (Å²) in [6.07, 6.45) is 2.20. The Balaban J connectivity index is 1.14. The van der Waals surface area contributed by atoms with E-state index in [1.54, 1.807) is 0 Å². The summed E-state index contributed by atoms with van der Waals surface area (Å²) in [7, 11) is 0. The maximum atomic E-state index is 2.47. The van der Waals surface area contributed by atoms with Gasteiger partial charge in [-0.15, -0.1) is 0 Å². The summed E-state index contributed by atoms with van der Waals surface area (Å²) in [4.78, 5) is 0. The molecule has 2 nitrogen and oxygen atoms in total. The Morgan fingerprint density at radius 2 is 1.00 bits per heavy atom. The normalized spacial score (nSPS) is 13.1. The van der Waals surface area contributed by atoms with Crippen molar-refractivity contribution in [2.75, 3.05) is 0 Å². The minimum atomic E-state index is -0.438. The van der Waals surface area contributed by atoms with E-state index in [4.69, 9.17) is 0 Å². The molecule has 0 N–H and O–H groups in total. The zero-order valence-corrected chi connectivity index (χ0v) is 29.0. The van der Waals surface area contributed by atoms with E-state index in [-0.39, 0.29) is 0 Å². The van der Waals surface area contributed by atoms with Gasteiger partial charge in [-0.1, -0.05) is 152 Å². The number of aromatic nitrogens is 2. The first-order valence-corrected chi connectivity index (χ1v) is 18.4. The summed E-state index contributed by atoms with van der Waals surface area (Å²) in [6, 6.07) is 73.5. The summed E-state index contributed by atoms with van der Waals surface area (Å²) >= 11 is 0. The molecule has 248 valence electrons. The van der Waals surface area contributed by atoms with Crippen LogP contribution in [0.3, 0.4) is 0 Å². The van der Waals surface area contributed by atoms with Gasteiger partial charge < -0.3 is 9.13 Å². The zero-order chi connectivity index (χ0) is 34.9. The Hall–Kier alpha value is -6.90. The molecule has 0 unspecified atom stereocenters. The molecule has 53 heavy (non-hydrogen) atoms. The van der Waals surface area contributed by atoms with Gasteiger partial charge in [0.15, 0.2) is 0 Å². The second-order valence-electron chi connectivity index (χ2n) is 14.1. The number of nitrogens with zero attached hydrogens (tertiary/aromatic N) is 2. The smallest absolute Gasteiger partial charge is 0.0713 e. The third-order valence-electron chi connectivity index (χ3n) is 11.4. The van der Waals surface area contributed by atoms with Crippen LogP contribution in [0.1, 0.15) is 22.3 Å². The van der Waals surface area contributed by atoms with Crippen LogP contribution in [0.4, 0.5) is 0 Å². The lowest BCUT2D eigenvalue weighted by molar-refractivity contribution is 0.769. The van der Waals surface area contributed by atoms with Crippen LogP contribution in [0.15, 0.2) is 206 Å². The van der Waals surface area contributed by atoms with Gasteiger partial charge in [0, 0.05) is 33.7 Å². The van der Waals surface area contributed by atoms with E-state index in [1.165, 1.54) is 77.2 Å². The van der Waals surface area contributed by atoms with Gasteiger partial charge in [-0.25, -0.2) is 0 Å². The Morgan fingerprint density at radius 1 is 0.358 bits per heavy atom. The third kappa shape index (κ3) is 4.27. The van der Waals surface area contributed by atoms with Crippen molar-refractivity contribution in [1.29, 1.82) is 0 Å². The summed E-state index contributed by atoms with van der Waals surface area (Å²) in [5, 5.41) is 3.75. The topological polar surface area (TPSA) is 9.86 Å². The van der Waals surface area contributed by atoms with Gasteiger partial charge in [-0.3, -0.25) is 0 Å². The largest absolute Gasteiger partial charge is 0.316 e. The molecule has 2 heterocycles. The van der Waals surface area contributed by atoms with E-state index in [0.29, 0.717) is 0 Å². The van der Waals surface area contributed by atoms with Crippen LogP contribution in [0.25, 0.3) is 66.3 Å². The van der Waals surface area contributed by atoms with Gasteiger partial charge in [0.25, 0.3) is 0 Å². The molecule has 0 spiro atoms. The predicted octanol–water partition coefficient (Wildman–Crippen LogP) is 12.8. The van der Waals surface area contributed by atoms with Crippen LogP contribution in [-0.2, 0) is 5.41 Å². The lowest BCUT2D eigenvalue weighted by Gasteiger charge is -2.34. The van der Waals surface area contributed by atoms with Crippen LogP contribution in [-0.4, -0.2) is 9.13 Å². The van der Waals surface area contributed by atoms with Gasteiger partial charge in [-0.05, 0) is 93.0 Å². The summed E-state index contributed by atoms with van der Waals surface area (Å²) in [5.74, 6) is 0. The molecule has 11 rings (SSSR count). The minimum Gasteiger partial charge on any atom is -0.316 e. The molecular formula is C51H34N2. The van der Waals surface area contributed by atoms with Crippen molar-refractivity contribution in [3.05, 3.63) is 229 Å². The highest BCUT2D eigenvalue weighted by atomic mass is 15.0. The summed E-state index contributed by atoms with van der Waals surface area (Å²) in [6.45, 7) is 0. The third-order valence-corrected chi connectivity index (χ3v) is 11.4. The molecule has 0 aliphatic heterocycles. The fourth-order valence-corrected chi connectivity index (χ4v) is 9.21. The molecule has 0 radical (unpaired) electrons. The summed E-state index contributed by atoms with van der Waals surface area (Å²) in [5.41, 5.74) is 15.7. The van der Waals surface area contributed by atoms with Crippen molar-refractivity contribution in [3.63, 3.8) is 0 Å². The lowest BCUT2D eigenvalue weighted by Crippen LogP contribution is -2.28. The van der Waals surface area contributed by atoms with E-state index < -0.39 is 5.41 Å². The molecule has 0 fully saturated rings. The van der Waals surface area contributed by atoms with Crippen molar-refractivity contribution >= 4 is 32.7 Å². The SMILES string of the molecule is c1ccc(-n2ccc3c2ccc2c4ccccc4n(-c4cccc(-c5ccc6c(c5)C(c5ccccc5)(c5ccccc5)c5ccccc5-6)c4)c23)cc1. The van der Waals surface area contributed by atoms with Gasteiger partial charge in [0.2, 0.25) is 0 Å². The van der Waals surface area contributed by atoms with Gasteiger partial charge in [0.05, 0.1) is 22.0 Å². The molecule has 8 aromatic carbocycles. The fraction of sp³-hybridized carbons (Fsp3) is 0.0196. The second kappa shape index (κ2) is 11.6. The average Bonchev–Trinajstić information content (AvgIpc) is 3.91. The molecule has 0 saturated carbocycles. The number of hydrogen-bond donors (Lipinski definition) is 0. The van der Waals surface area contributed by atoms with Gasteiger partial charge in [0.1, 0.15) is 0 Å². The van der Waals surface area contributed by atoms with E-state index in [2.05, 4.69) is 216 Å². The highest BCUT2D eigenvalue weighted by Gasteiger charge is 2.46. The zero-order valence-electron chi connectivity index (χ0n) is 29.0. The van der Waals surface area contributed by atoms with Crippen LogP contribution < -0.4 is 0 Å². The van der Waals surface area contributed by atoms with E-state index in [0.717, 1.165) is 11.4 Å². The number of para-hydroxylation sites is 2. The van der Waals surface area contributed by atoms with Crippen molar-refractivity contribution < 1.29 is 0 Å². The Kier molecular flexibility index (Phi) is 6.50. The van der Waals surface area contributed by atoms with Gasteiger partial charge in [-0.2, -0.15) is 0 Å². The van der Waals surface area contributed by atoms with E-state index in [9.17, 15) is 0 Å². The first kappa shape index (κ1) is 29.8. The Labute approximate surface area is 308 Å². The molecule has 0 amide bonds. The molecule has 0 saturated heterocycles. The molecule has 0 bridgehead atoms. The molecule has 1 aliphatic carbocycles. The molecule has 2 heteroatoms. The van der Waals surface area contributed by atoms with Crippen LogP contribution >= 0.6 is 0 Å². The first-order chi connectivity index (χ1) is 26.3. The molecule has 1 aliphatic rings. The standard InChI is InChI=1S/C51H34N2/c1-4-16-37(17-5-1)51(38-18-6-2-7-19-38)46-25-12-10-23-41(46)42-28-27-36(34-47(42)51)35-15-14-22-40(33-35)53-49-26-13-11-24-43(49)44-29-30-48-45(50(44)53)31-32-52(48)39-20-8-3-9-21-39/h1-34H. The van der Waals surface area contributed by atoms with Crippen molar-refractivity contribution in [3.8, 4) is 33.6 Å². The number of fused-ring (bicyclic) bond motifs is 8. The predicted molar refractivity (Wildman–Crippen MR) is 220 cm³/mol. The first-order valence-electron chi connectivity index (χ1n) is 18.4. The Morgan fingerprint density at radius 3 is 1.79 bits per heavy atom. The molecular weight excluding hydrogens is 641 g/mol. The average molecular weight is 675 g/mol. The van der Waals surface area contributed by atoms with Gasteiger partial charge >= 0.3 is 0 Å². The van der Waals surface area contributed by atoms with Crippen LogP contribution in [0, 0.1) is 0 Å². The fourth-order valence-electron chi connectivity index (χ4n) is 9.21. The number of hydrogen-bond acceptors (Lipinski definition) is 0. The van der Waals surface area contributed by atoms with E-state index in [1.807, 2.05) is 0 Å². The maximum absolute atomic E-state index is 2.47. The summed E-state index contributed by atoms with van der Waals surface area (Å²) < 4.78 is 4.76. The van der Waals surface area contributed by atoms with Crippen LogP contribution in [0.5, 0.6) is 0 Å². The monoisotopic (exact) mass is 674 g/mol. The number of rotatable bonds is 5. The highest BCUT2D eigenvalue weighted by molar-refractivity contribution is 6.18. The van der Waals surface area contributed by atoms with Crippen molar-refractivity contribution in [2.45, 2.75) is 5.41 Å². The molecule has 10 aromatic rings. The van der Waals surface area contributed by atoms with Crippen molar-refractivity contribution in [1.82, 2.24) is 9.13 Å². The minimum absolute atomic E-state index is 0.438. The lowest BCUT2D eigenvalue weighted by atomic mass is 9.67. The second-order valence-corrected chi connectivity index (χ2v) is 14.1. The van der Waals surface area contributed by atoms with Crippen LogP contribution in [0.2, 0.25) is 0 Å². The highest BCUT2D eigenvalue weighted by Crippen LogP contribution is 2.56. The maximum Gasteiger partial charge on any atom is 0.0713 e. The Bertz CT molecular complexity index is 2950. The quantitative estimate of drug-likeness (QED) is 0.172. The van der Waals surface area contributed by atoms with Crippen molar-refractivity contribution in [2.24, 2.45) is 0 Å². The van der Waals surface area contributed by atoms with E-state index >= 15 is 0 Å². The molecule has 0 atom stereocenters. The molecule has 2 aromatic heterocycles.